The Balaban J connectivity index is 2.32. The molecule has 1 aliphatic heterocycles. The summed E-state index contributed by atoms with van der Waals surface area (Å²) in [5.74, 6) is 0.398. The molecule has 17 heavy (non-hydrogen) atoms. The van der Waals surface area contributed by atoms with Crippen LogP contribution in [0.2, 0.25) is 0 Å². The Kier molecular flexibility index (Phi) is 4.10. The second-order valence-corrected chi connectivity index (χ2v) is 6.22. The molecule has 1 nitrogen and oxygen atoms in total. The number of hydrogen-bond acceptors (Lipinski definition) is 2. The van der Waals surface area contributed by atoms with Crippen LogP contribution in [0.1, 0.15) is 38.8 Å². The lowest BCUT2D eigenvalue weighted by atomic mass is 9.91. The van der Waals surface area contributed by atoms with Crippen LogP contribution in [0.4, 0.5) is 4.39 Å². The highest BCUT2D eigenvalue weighted by molar-refractivity contribution is 8.00. The summed E-state index contributed by atoms with van der Waals surface area (Å²) >= 11 is 1.86. The minimum absolute atomic E-state index is 0.130. The Morgan fingerprint density at radius 1 is 1.35 bits per heavy atom. The van der Waals surface area contributed by atoms with Gasteiger partial charge in [0.05, 0.1) is 0 Å². The molecule has 0 aliphatic carbocycles. The minimum atomic E-state index is -0.130. The smallest absolute Gasteiger partial charge is 0.123 e. The van der Waals surface area contributed by atoms with Crippen molar-refractivity contribution in [1.29, 1.82) is 0 Å². The largest absolute Gasteiger partial charge is 0.310 e. The van der Waals surface area contributed by atoms with E-state index in [2.05, 4.69) is 26.1 Å². The Labute approximate surface area is 107 Å². The van der Waals surface area contributed by atoms with Gasteiger partial charge in [0.15, 0.2) is 0 Å². The fourth-order valence-electron chi connectivity index (χ4n) is 2.33. The Bertz CT molecular complexity index is 394. The van der Waals surface area contributed by atoms with Crippen LogP contribution in [0.15, 0.2) is 23.1 Å². The summed E-state index contributed by atoms with van der Waals surface area (Å²) in [4.78, 5) is 1.23. The third-order valence-corrected chi connectivity index (χ3v) is 4.93. The van der Waals surface area contributed by atoms with E-state index in [1.165, 1.54) is 4.90 Å². The molecule has 1 aliphatic rings. The molecule has 1 aromatic rings. The van der Waals surface area contributed by atoms with E-state index in [0.29, 0.717) is 11.2 Å². The molecule has 0 spiro atoms. The molecule has 3 unspecified atom stereocenters. The highest BCUT2D eigenvalue weighted by atomic mass is 32.2. The van der Waals surface area contributed by atoms with E-state index >= 15 is 0 Å². The van der Waals surface area contributed by atoms with Crippen molar-refractivity contribution in [2.45, 2.75) is 43.4 Å². The maximum atomic E-state index is 13.4. The van der Waals surface area contributed by atoms with E-state index in [9.17, 15) is 4.39 Å². The number of thioether (sulfide) groups is 1. The summed E-state index contributed by atoms with van der Waals surface area (Å²) < 4.78 is 13.4. The van der Waals surface area contributed by atoms with Gasteiger partial charge in [0, 0.05) is 16.2 Å². The molecule has 0 aromatic heterocycles. The van der Waals surface area contributed by atoms with E-state index in [0.717, 1.165) is 18.5 Å². The Hall–Kier alpha value is -0.540. The van der Waals surface area contributed by atoms with Crippen LogP contribution >= 0.6 is 11.8 Å². The zero-order valence-corrected chi connectivity index (χ0v) is 11.5. The predicted octanol–water partition coefficient (Wildman–Crippen LogP) is 4.00. The van der Waals surface area contributed by atoms with Gasteiger partial charge in [-0.15, -0.1) is 11.8 Å². The molecule has 0 radical (unpaired) electrons. The standard InChI is InChI=1S/C14H20FNS/c1-4-7-16-14-9(2)10(3)17-13-6-5-11(15)8-12(13)14/h5-6,8-10,14,16H,4,7H2,1-3H3. The van der Waals surface area contributed by atoms with Gasteiger partial charge in [0.25, 0.3) is 0 Å². The molecule has 1 heterocycles. The van der Waals surface area contributed by atoms with Gasteiger partial charge in [-0.1, -0.05) is 20.8 Å². The van der Waals surface area contributed by atoms with Crippen LogP contribution in [0.25, 0.3) is 0 Å². The molecule has 1 aromatic carbocycles. The van der Waals surface area contributed by atoms with Crippen molar-refractivity contribution < 1.29 is 4.39 Å². The first-order valence-electron chi connectivity index (χ1n) is 6.33. The van der Waals surface area contributed by atoms with Crippen LogP contribution in [-0.4, -0.2) is 11.8 Å². The number of rotatable bonds is 3. The summed E-state index contributed by atoms with van der Waals surface area (Å²) in [6.07, 6.45) is 1.11. The minimum Gasteiger partial charge on any atom is -0.310 e. The SMILES string of the molecule is CCCNC1c2cc(F)ccc2SC(C)C1C. The van der Waals surface area contributed by atoms with Gasteiger partial charge in [-0.05, 0) is 42.6 Å². The van der Waals surface area contributed by atoms with Crippen LogP contribution in [0.3, 0.4) is 0 Å². The molecule has 0 bridgehead atoms. The molecular formula is C14H20FNS. The lowest BCUT2D eigenvalue weighted by Gasteiger charge is -2.36. The fourth-order valence-corrected chi connectivity index (χ4v) is 3.57. The van der Waals surface area contributed by atoms with Crippen molar-refractivity contribution in [2.75, 3.05) is 6.54 Å². The van der Waals surface area contributed by atoms with Crippen LogP contribution in [0.5, 0.6) is 0 Å². The Morgan fingerprint density at radius 3 is 2.82 bits per heavy atom. The third-order valence-electron chi connectivity index (χ3n) is 3.50. The molecular weight excluding hydrogens is 233 g/mol. The van der Waals surface area contributed by atoms with Crippen LogP contribution in [0, 0.1) is 11.7 Å². The van der Waals surface area contributed by atoms with Crippen molar-refractivity contribution in [3.63, 3.8) is 0 Å². The topological polar surface area (TPSA) is 12.0 Å². The quantitative estimate of drug-likeness (QED) is 0.874. The number of hydrogen-bond donors (Lipinski definition) is 1. The van der Waals surface area contributed by atoms with Crippen molar-refractivity contribution in [1.82, 2.24) is 5.32 Å². The summed E-state index contributed by atoms with van der Waals surface area (Å²) in [6.45, 7) is 7.65. The van der Waals surface area contributed by atoms with Gasteiger partial charge >= 0.3 is 0 Å². The van der Waals surface area contributed by atoms with E-state index in [1.54, 1.807) is 12.1 Å². The summed E-state index contributed by atoms with van der Waals surface area (Å²) in [6, 6.07) is 5.46. The zero-order valence-electron chi connectivity index (χ0n) is 10.7. The van der Waals surface area contributed by atoms with Crippen molar-refractivity contribution in [3.05, 3.63) is 29.6 Å². The molecule has 1 N–H and O–H groups in total. The number of fused-ring (bicyclic) bond motifs is 1. The van der Waals surface area contributed by atoms with Gasteiger partial charge in [-0.2, -0.15) is 0 Å². The molecule has 0 saturated carbocycles. The monoisotopic (exact) mass is 253 g/mol. The van der Waals surface area contributed by atoms with E-state index < -0.39 is 0 Å². The number of benzene rings is 1. The average molecular weight is 253 g/mol. The lowest BCUT2D eigenvalue weighted by Crippen LogP contribution is -2.35. The van der Waals surface area contributed by atoms with Crippen LogP contribution in [-0.2, 0) is 0 Å². The third kappa shape index (κ3) is 2.66. The predicted molar refractivity (Wildman–Crippen MR) is 71.9 cm³/mol. The molecule has 94 valence electrons. The first kappa shape index (κ1) is 12.9. The van der Waals surface area contributed by atoms with Gasteiger partial charge in [-0.3, -0.25) is 0 Å². The highest BCUT2D eigenvalue weighted by Gasteiger charge is 2.31. The zero-order chi connectivity index (χ0) is 12.4. The maximum Gasteiger partial charge on any atom is 0.123 e. The molecule has 2 rings (SSSR count). The normalized spacial score (nSPS) is 27.9. The number of halogens is 1. The van der Waals surface area contributed by atoms with Crippen molar-refractivity contribution in [3.8, 4) is 0 Å². The molecule has 0 fully saturated rings. The van der Waals surface area contributed by atoms with Gasteiger partial charge in [0.2, 0.25) is 0 Å². The summed E-state index contributed by atoms with van der Waals surface area (Å²) in [5.41, 5.74) is 1.13. The van der Waals surface area contributed by atoms with E-state index in [-0.39, 0.29) is 11.9 Å². The van der Waals surface area contributed by atoms with E-state index in [1.807, 2.05) is 17.8 Å². The summed E-state index contributed by atoms with van der Waals surface area (Å²) in [5, 5.41) is 4.13. The van der Waals surface area contributed by atoms with Gasteiger partial charge in [-0.25, -0.2) is 4.39 Å². The lowest BCUT2D eigenvalue weighted by molar-refractivity contribution is 0.371. The fraction of sp³-hybridized carbons (Fsp3) is 0.571. The number of nitrogens with one attached hydrogen (secondary N) is 1. The van der Waals surface area contributed by atoms with Gasteiger partial charge < -0.3 is 5.32 Å². The van der Waals surface area contributed by atoms with Crippen molar-refractivity contribution >= 4 is 11.8 Å². The van der Waals surface area contributed by atoms with Crippen LogP contribution < -0.4 is 5.32 Å². The summed E-state index contributed by atoms with van der Waals surface area (Å²) in [7, 11) is 0. The maximum absolute atomic E-state index is 13.4. The molecule has 3 heteroatoms. The van der Waals surface area contributed by atoms with Gasteiger partial charge in [0.1, 0.15) is 5.82 Å². The molecule has 3 atom stereocenters. The first-order valence-corrected chi connectivity index (χ1v) is 7.21. The molecule has 0 saturated heterocycles. The first-order chi connectivity index (χ1) is 8.13. The second-order valence-electron chi connectivity index (χ2n) is 4.80. The molecule has 0 amide bonds. The Morgan fingerprint density at radius 2 is 2.12 bits per heavy atom. The van der Waals surface area contributed by atoms with Crippen molar-refractivity contribution in [2.24, 2.45) is 5.92 Å². The average Bonchev–Trinajstić information content (AvgIpc) is 2.31. The highest BCUT2D eigenvalue weighted by Crippen LogP contribution is 2.44. The van der Waals surface area contributed by atoms with E-state index in [4.69, 9.17) is 0 Å². The second kappa shape index (κ2) is 5.40.